The fraction of sp³-hybridized carbons (Fsp3) is 0.462. The average Bonchev–Trinajstić information content (AvgIpc) is 3.53. The van der Waals surface area contributed by atoms with E-state index in [-0.39, 0.29) is 10.8 Å². The normalized spacial score (nSPS) is 12.7. The van der Waals surface area contributed by atoms with Gasteiger partial charge in [0, 0.05) is 36.1 Å². The summed E-state index contributed by atoms with van der Waals surface area (Å²) in [5.41, 5.74) is 6.29. The molecule has 0 aliphatic heterocycles. The summed E-state index contributed by atoms with van der Waals surface area (Å²) in [5.74, 6) is 0. The zero-order valence-electron chi connectivity index (χ0n) is 19.6. The van der Waals surface area contributed by atoms with Crippen LogP contribution >= 0.6 is 34.4 Å². The highest BCUT2D eigenvalue weighted by Gasteiger charge is 2.26. The SMILES string of the molecule is CCC(C)(C)c1ccc(-c2c(C)cc(-c3ccc(C(C)(CC)CC)s3)c3nsnc23)s1. The topological polar surface area (TPSA) is 25.8 Å². The van der Waals surface area contributed by atoms with Crippen molar-refractivity contribution in [3.8, 4) is 20.9 Å². The molecule has 3 heterocycles. The molecule has 0 saturated carbocycles. The molecule has 0 saturated heterocycles. The van der Waals surface area contributed by atoms with Gasteiger partial charge in [0.25, 0.3) is 0 Å². The minimum Gasteiger partial charge on any atom is -0.172 e. The summed E-state index contributed by atoms with van der Waals surface area (Å²) in [7, 11) is 0. The van der Waals surface area contributed by atoms with Gasteiger partial charge in [-0.2, -0.15) is 8.75 Å². The quantitative estimate of drug-likeness (QED) is 0.270. The molecule has 2 nitrogen and oxygen atoms in total. The monoisotopic (exact) mass is 468 g/mol. The van der Waals surface area contributed by atoms with Crippen LogP contribution in [0.3, 0.4) is 0 Å². The van der Waals surface area contributed by atoms with E-state index in [1.807, 2.05) is 22.7 Å². The van der Waals surface area contributed by atoms with Crippen molar-refractivity contribution in [3.63, 3.8) is 0 Å². The number of thiophene rings is 2. The third-order valence-electron chi connectivity index (χ3n) is 7.17. The molecule has 1 aromatic carbocycles. The molecule has 0 aliphatic rings. The number of benzene rings is 1. The highest BCUT2D eigenvalue weighted by molar-refractivity contribution is 7.16. The minimum atomic E-state index is 0.203. The van der Waals surface area contributed by atoms with Crippen molar-refractivity contribution in [3.05, 3.63) is 45.6 Å². The fourth-order valence-electron chi connectivity index (χ4n) is 3.99. The van der Waals surface area contributed by atoms with Crippen LogP contribution in [0.15, 0.2) is 30.3 Å². The number of aryl methyl sites for hydroxylation is 1. The number of nitrogens with zero attached hydrogens (tertiary/aromatic N) is 2. The molecule has 0 amide bonds. The summed E-state index contributed by atoms with van der Waals surface area (Å²) in [6, 6.07) is 11.5. The van der Waals surface area contributed by atoms with Crippen LogP contribution in [0.25, 0.3) is 31.9 Å². The zero-order valence-corrected chi connectivity index (χ0v) is 22.1. The standard InChI is InChI=1S/C26H32N2S3/c1-8-25(5,6)20-13-12-19(30-20)22-16(4)15-17(23-24(22)28-31-27-23)18-11-14-21(29-18)26(7,9-2)10-3/h11-15H,8-10H2,1-7H3. The smallest absolute Gasteiger partial charge is 0.114 e. The Balaban J connectivity index is 1.83. The van der Waals surface area contributed by atoms with Crippen LogP contribution in [-0.2, 0) is 10.8 Å². The molecular formula is C26H32N2S3. The predicted octanol–water partition coefficient (Wildman–Crippen LogP) is 9.22. The Kier molecular flexibility index (Phi) is 6.14. The zero-order chi connectivity index (χ0) is 22.4. The van der Waals surface area contributed by atoms with E-state index in [0.29, 0.717) is 0 Å². The lowest BCUT2D eigenvalue weighted by Crippen LogP contribution is -2.17. The van der Waals surface area contributed by atoms with E-state index in [9.17, 15) is 0 Å². The van der Waals surface area contributed by atoms with Gasteiger partial charge < -0.3 is 0 Å². The van der Waals surface area contributed by atoms with Gasteiger partial charge in [-0.1, -0.05) is 41.5 Å². The first-order valence-corrected chi connectivity index (χ1v) is 13.6. The molecule has 4 rings (SSSR count). The predicted molar refractivity (Wildman–Crippen MR) is 140 cm³/mol. The number of aromatic nitrogens is 2. The highest BCUT2D eigenvalue weighted by atomic mass is 32.1. The lowest BCUT2D eigenvalue weighted by atomic mass is 9.83. The summed E-state index contributed by atoms with van der Waals surface area (Å²) in [6.45, 7) is 16.1. The van der Waals surface area contributed by atoms with Gasteiger partial charge in [0.05, 0.1) is 11.7 Å². The summed E-state index contributed by atoms with van der Waals surface area (Å²) < 4.78 is 9.51. The van der Waals surface area contributed by atoms with Gasteiger partial charge in [0.1, 0.15) is 11.0 Å². The first-order chi connectivity index (χ1) is 14.7. The summed E-state index contributed by atoms with van der Waals surface area (Å²) in [6.07, 6.45) is 3.45. The molecule has 0 radical (unpaired) electrons. The number of fused-ring (bicyclic) bond motifs is 1. The van der Waals surface area contributed by atoms with Crippen LogP contribution in [0.4, 0.5) is 0 Å². The molecule has 0 fully saturated rings. The maximum Gasteiger partial charge on any atom is 0.114 e. The van der Waals surface area contributed by atoms with Crippen molar-refractivity contribution in [2.75, 3.05) is 0 Å². The maximum absolute atomic E-state index is 4.76. The Morgan fingerprint density at radius 1 is 0.774 bits per heavy atom. The van der Waals surface area contributed by atoms with Gasteiger partial charge in [-0.3, -0.25) is 0 Å². The van der Waals surface area contributed by atoms with Gasteiger partial charge in [-0.15, -0.1) is 22.7 Å². The Morgan fingerprint density at radius 2 is 1.39 bits per heavy atom. The highest BCUT2D eigenvalue weighted by Crippen LogP contribution is 2.45. The molecule has 31 heavy (non-hydrogen) atoms. The molecule has 4 aromatic rings. The molecule has 164 valence electrons. The van der Waals surface area contributed by atoms with Crippen LogP contribution in [0.2, 0.25) is 0 Å². The van der Waals surface area contributed by atoms with Gasteiger partial charge >= 0.3 is 0 Å². The van der Waals surface area contributed by atoms with Crippen LogP contribution < -0.4 is 0 Å². The lowest BCUT2D eigenvalue weighted by Gasteiger charge is -2.25. The van der Waals surface area contributed by atoms with E-state index in [2.05, 4.69) is 78.8 Å². The maximum atomic E-state index is 4.76. The molecule has 0 N–H and O–H groups in total. The Hall–Kier alpha value is -1.56. The molecule has 0 aliphatic carbocycles. The molecule has 0 bridgehead atoms. The van der Waals surface area contributed by atoms with E-state index < -0.39 is 0 Å². The largest absolute Gasteiger partial charge is 0.172 e. The van der Waals surface area contributed by atoms with Crippen LogP contribution in [0.1, 0.15) is 76.1 Å². The Morgan fingerprint density at radius 3 is 2.06 bits per heavy atom. The molecule has 3 aromatic heterocycles. The van der Waals surface area contributed by atoms with E-state index in [0.717, 1.165) is 30.3 Å². The van der Waals surface area contributed by atoms with Crippen LogP contribution in [-0.4, -0.2) is 8.75 Å². The first kappa shape index (κ1) is 22.6. The number of rotatable bonds is 7. The Bertz CT molecular complexity index is 1200. The van der Waals surface area contributed by atoms with Crippen molar-refractivity contribution in [2.45, 2.75) is 78.6 Å². The average molecular weight is 469 g/mol. The van der Waals surface area contributed by atoms with Gasteiger partial charge in [-0.25, -0.2) is 0 Å². The minimum absolute atomic E-state index is 0.203. The van der Waals surface area contributed by atoms with Crippen molar-refractivity contribution in [1.29, 1.82) is 0 Å². The second kappa shape index (κ2) is 8.42. The van der Waals surface area contributed by atoms with Crippen molar-refractivity contribution < 1.29 is 0 Å². The third-order valence-corrected chi connectivity index (χ3v) is 10.6. The van der Waals surface area contributed by atoms with Crippen molar-refractivity contribution in [1.82, 2.24) is 8.75 Å². The van der Waals surface area contributed by atoms with Gasteiger partial charge in [0.15, 0.2) is 0 Å². The molecular weight excluding hydrogens is 437 g/mol. The second-order valence-corrected chi connectivity index (χ2v) is 12.1. The van der Waals surface area contributed by atoms with E-state index in [4.69, 9.17) is 8.75 Å². The summed E-state index contributed by atoms with van der Waals surface area (Å²) in [5, 5.41) is 0. The fourth-order valence-corrected chi connectivity index (χ4v) is 7.15. The van der Waals surface area contributed by atoms with Crippen LogP contribution in [0, 0.1) is 6.92 Å². The molecule has 5 heteroatoms. The van der Waals surface area contributed by atoms with E-state index in [1.165, 1.54) is 47.9 Å². The third kappa shape index (κ3) is 3.90. The summed E-state index contributed by atoms with van der Waals surface area (Å²) in [4.78, 5) is 5.51. The molecule has 0 spiro atoms. The van der Waals surface area contributed by atoms with E-state index >= 15 is 0 Å². The van der Waals surface area contributed by atoms with Crippen molar-refractivity contribution in [2.24, 2.45) is 0 Å². The van der Waals surface area contributed by atoms with Crippen LogP contribution in [0.5, 0.6) is 0 Å². The lowest BCUT2D eigenvalue weighted by molar-refractivity contribution is 0.448. The summed E-state index contributed by atoms with van der Waals surface area (Å²) >= 11 is 5.15. The second-order valence-electron chi connectivity index (χ2n) is 9.41. The van der Waals surface area contributed by atoms with Gasteiger partial charge in [0.2, 0.25) is 0 Å². The Labute approximate surface area is 198 Å². The number of hydrogen-bond acceptors (Lipinski definition) is 5. The number of hydrogen-bond donors (Lipinski definition) is 0. The van der Waals surface area contributed by atoms with E-state index in [1.54, 1.807) is 0 Å². The molecule has 0 atom stereocenters. The van der Waals surface area contributed by atoms with Crippen molar-refractivity contribution >= 4 is 45.4 Å². The van der Waals surface area contributed by atoms with Gasteiger partial charge in [-0.05, 0) is 67.5 Å². The molecule has 0 unspecified atom stereocenters. The first-order valence-electron chi connectivity index (χ1n) is 11.2.